The highest BCUT2D eigenvalue weighted by Crippen LogP contribution is 2.28. The molecule has 3 aromatic rings. The van der Waals surface area contributed by atoms with Gasteiger partial charge in [0.2, 0.25) is 5.91 Å². The maximum absolute atomic E-state index is 13.4. The minimum atomic E-state index is -1.21. The number of rotatable bonds is 5. The summed E-state index contributed by atoms with van der Waals surface area (Å²) >= 11 is 1.23. The topological polar surface area (TPSA) is 131 Å². The number of hydrogen-bond acceptors (Lipinski definition) is 7. The van der Waals surface area contributed by atoms with Crippen molar-refractivity contribution in [1.82, 2.24) is 35.9 Å². The Bertz CT molecular complexity index is 1120. The molecule has 2 aromatic heterocycles. The molecule has 4 rings (SSSR count). The molecule has 1 aliphatic rings. The largest absolute Gasteiger partial charge is 0.348 e. The second kappa shape index (κ2) is 7.59. The van der Waals surface area contributed by atoms with Crippen LogP contribution in [-0.4, -0.2) is 44.4 Å². The first-order chi connectivity index (χ1) is 14.4. The van der Waals surface area contributed by atoms with Crippen LogP contribution in [0.1, 0.15) is 21.9 Å². The molecular weight excluding hydrogens is 420 g/mol. The summed E-state index contributed by atoms with van der Waals surface area (Å²) in [5.74, 6) is -3.24. The van der Waals surface area contributed by atoms with Gasteiger partial charge in [0, 0.05) is 24.2 Å². The van der Waals surface area contributed by atoms with Crippen molar-refractivity contribution >= 4 is 29.2 Å². The van der Waals surface area contributed by atoms with Crippen LogP contribution in [-0.2, 0) is 10.3 Å². The number of aromatic nitrogens is 4. The van der Waals surface area contributed by atoms with Gasteiger partial charge in [-0.15, -0.1) is 16.4 Å². The van der Waals surface area contributed by atoms with E-state index in [4.69, 9.17) is 0 Å². The predicted molar refractivity (Wildman–Crippen MR) is 98.7 cm³/mol. The third-order valence-electron chi connectivity index (χ3n) is 4.32. The lowest BCUT2D eigenvalue weighted by atomic mass is 9.93. The molecule has 4 amide bonds. The molecule has 3 heterocycles. The number of nitrogens with one attached hydrogen (secondary N) is 3. The molecule has 1 unspecified atom stereocenters. The normalized spacial score (nSPS) is 18.6. The van der Waals surface area contributed by atoms with Gasteiger partial charge < -0.3 is 10.6 Å². The third kappa shape index (κ3) is 3.74. The van der Waals surface area contributed by atoms with Gasteiger partial charge in [0.15, 0.2) is 17.3 Å². The highest BCUT2D eigenvalue weighted by Gasteiger charge is 2.43. The van der Waals surface area contributed by atoms with Crippen LogP contribution < -0.4 is 16.0 Å². The fourth-order valence-corrected chi connectivity index (χ4v) is 3.72. The first kappa shape index (κ1) is 19.6. The molecular formula is C17H13F2N7O3S. The Hall–Kier alpha value is -3.74. The molecule has 1 aliphatic heterocycles. The number of carbonyl (C=O) groups is 3. The molecule has 30 heavy (non-hydrogen) atoms. The number of hydrogen-bond donors (Lipinski definition) is 3. The fourth-order valence-electron chi connectivity index (χ4n) is 2.93. The zero-order valence-electron chi connectivity index (χ0n) is 15.1. The van der Waals surface area contributed by atoms with Crippen molar-refractivity contribution in [1.29, 1.82) is 0 Å². The van der Waals surface area contributed by atoms with Crippen LogP contribution >= 0.6 is 11.3 Å². The first-order valence-electron chi connectivity index (χ1n) is 8.54. The monoisotopic (exact) mass is 433 g/mol. The summed E-state index contributed by atoms with van der Waals surface area (Å²) in [5.41, 5.74) is -1.18. The second-order valence-corrected chi connectivity index (χ2v) is 7.29. The van der Waals surface area contributed by atoms with Crippen LogP contribution in [0, 0.1) is 11.6 Å². The Labute approximate surface area is 171 Å². The Morgan fingerprint density at radius 1 is 1.30 bits per heavy atom. The van der Waals surface area contributed by atoms with Gasteiger partial charge in [-0.3, -0.25) is 14.9 Å². The van der Waals surface area contributed by atoms with E-state index in [0.717, 1.165) is 23.1 Å². The van der Waals surface area contributed by atoms with Gasteiger partial charge in [0.1, 0.15) is 10.5 Å². The molecule has 1 fully saturated rings. The van der Waals surface area contributed by atoms with Gasteiger partial charge in [-0.25, -0.2) is 18.6 Å². The van der Waals surface area contributed by atoms with Crippen molar-refractivity contribution in [3.63, 3.8) is 0 Å². The molecule has 0 saturated carbocycles. The smallest absolute Gasteiger partial charge is 0.322 e. The lowest BCUT2D eigenvalue weighted by molar-refractivity contribution is -0.122. The molecule has 0 radical (unpaired) electrons. The van der Waals surface area contributed by atoms with Gasteiger partial charge >= 0.3 is 6.03 Å². The molecule has 154 valence electrons. The molecule has 1 atom stereocenters. The Kier molecular flexibility index (Phi) is 4.95. The SMILES string of the molecule is O=C1CC(CNC(=O)c2cnn(-c3ccc(F)c(F)c3)n2)(c2nccs2)NC(=O)N1. The van der Waals surface area contributed by atoms with E-state index in [-0.39, 0.29) is 24.3 Å². The van der Waals surface area contributed by atoms with Crippen LogP contribution in [0.15, 0.2) is 36.0 Å². The summed E-state index contributed by atoms with van der Waals surface area (Å²) < 4.78 is 26.5. The maximum Gasteiger partial charge on any atom is 0.322 e. The van der Waals surface area contributed by atoms with E-state index >= 15 is 0 Å². The van der Waals surface area contributed by atoms with E-state index in [9.17, 15) is 23.2 Å². The summed E-state index contributed by atoms with van der Waals surface area (Å²) in [6, 6.07) is 2.38. The van der Waals surface area contributed by atoms with E-state index in [1.54, 1.807) is 5.38 Å². The highest BCUT2D eigenvalue weighted by atomic mass is 32.1. The van der Waals surface area contributed by atoms with Crippen molar-refractivity contribution in [3.05, 3.63) is 58.3 Å². The number of thiazole rings is 1. The minimum absolute atomic E-state index is 0.0967. The standard InChI is InChI=1S/C17H13F2N7O3S/c18-10-2-1-9(5-11(10)19)26-22-7-12(25-26)14(28)21-8-17(15-20-3-4-30-15)6-13(27)23-16(29)24-17/h1-5,7H,6,8H2,(H,21,28)(H2,23,24,27,29). The van der Waals surface area contributed by atoms with Gasteiger partial charge in [0.05, 0.1) is 18.3 Å². The lowest BCUT2D eigenvalue weighted by Crippen LogP contribution is -2.62. The first-order valence-corrected chi connectivity index (χ1v) is 9.42. The molecule has 3 N–H and O–H groups in total. The lowest BCUT2D eigenvalue weighted by Gasteiger charge is -2.35. The number of halogens is 2. The quantitative estimate of drug-likeness (QED) is 0.547. The van der Waals surface area contributed by atoms with E-state index in [1.807, 2.05) is 0 Å². The number of nitrogens with zero attached hydrogens (tertiary/aromatic N) is 4. The van der Waals surface area contributed by atoms with Gasteiger partial charge in [-0.2, -0.15) is 9.90 Å². The van der Waals surface area contributed by atoms with E-state index in [2.05, 4.69) is 31.1 Å². The van der Waals surface area contributed by atoms with E-state index < -0.39 is 35.0 Å². The minimum Gasteiger partial charge on any atom is -0.348 e. The van der Waals surface area contributed by atoms with Gasteiger partial charge in [-0.1, -0.05) is 0 Å². The van der Waals surface area contributed by atoms with Crippen LogP contribution in [0.2, 0.25) is 0 Å². The Morgan fingerprint density at radius 3 is 2.83 bits per heavy atom. The van der Waals surface area contributed by atoms with E-state index in [0.29, 0.717) is 5.01 Å². The molecule has 1 aromatic carbocycles. The number of benzene rings is 1. The van der Waals surface area contributed by atoms with Crippen LogP contribution in [0.5, 0.6) is 0 Å². The second-order valence-electron chi connectivity index (χ2n) is 6.40. The van der Waals surface area contributed by atoms with Crippen molar-refractivity contribution < 1.29 is 23.2 Å². The van der Waals surface area contributed by atoms with Crippen LogP contribution in [0.3, 0.4) is 0 Å². The van der Waals surface area contributed by atoms with Crippen molar-refractivity contribution in [2.45, 2.75) is 12.0 Å². The molecule has 13 heteroatoms. The Balaban J connectivity index is 1.52. The average Bonchev–Trinajstić information content (AvgIpc) is 3.40. The summed E-state index contributed by atoms with van der Waals surface area (Å²) in [7, 11) is 0. The number of carbonyl (C=O) groups excluding carboxylic acids is 3. The zero-order chi connectivity index (χ0) is 21.3. The number of amides is 4. The molecule has 1 saturated heterocycles. The molecule has 10 nitrogen and oxygen atoms in total. The zero-order valence-corrected chi connectivity index (χ0v) is 15.9. The summed E-state index contributed by atoms with van der Waals surface area (Å²) in [6.45, 7) is -0.128. The summed E-state index contributed by atoms with van der Waals surface area (Å²) in [5, 5.41) is 17.4. The highest BCUT2D eigenvalue weighted by molar-refractivity contribution is 7.09. The predicted octanol–water partition coefficient (Wildman–Crippen LogP) is 0.857. The van der Waals surface area contributed by atoms with Crippen LogP contribution in [0.25, 0.3) is 5.69 Å². The number of imide groups is 1. The molecule has 0 aliphatic carbocycles. The van der Waals surface area contributed by atoms with Crippen molar-refractivity contribution in [2.24, 2.45) is 0 Å². The molecule has 0 spiro atoms. The van der Waals surface area contributed by atoms with Crippen molar-refractivity contribution in [3.8, 4) is 5.69 Å². The van der Waals surface area contributed by atoms with Crippen molar-refractivity contribution in [2.75, 3.05) is 6.54 Å². The van der Waals surface area contributed by atoms with E-state index in [1.165, 1.54) is 23.6 Å². The third-order valence-corrected chi connectivity index (χ3v) is 5.30. The van der Waals surface area contributed by atoms with Gasteiger partial charge in [-0.05, 0) is 12.1 Å². The number of urea groups is 1. The van der Waals surface area contributed by atoms with Gasteiger partial charge in [0.25, 0.3) is 5.91 Å². The summed E-state index contributed by atoms with van der Waals surface area (Å²) in [6.07, 6.45) is 2.56. The fraction of sp³-hybridized carbons (Fsp3) is 0.176. The Morgan fingerprint density at radius 2 is 2.13 bits per heavy atom. The summed E-state index contributed by atoms with van der Waals surface area (Å²) in [4.78, 5) is 41.4. The average molecular weight is 433 g/mol. The molecule has 0 bridgehead atoms. The maximum atomic E-state index is 13.4. The van der Waals surface area contributed by atoms with Crippen LogP contribution in [0.4, 0.5) is 13.6 Å².